The monoisotopic (exact) mass is 338 g/mol. The van der Waals surface area contributed by atoms with Crippen LogP contribution in [0.25, 0.3) is 0 Å². The highest BCUT2D eigenvalue weighted by molar-refractivity contribution is 6.30. The van der Waals surface area contributed by atoms with Gasteiger partial charge in [0.1, 0.15) is 11.1 Å². The molecule has 1 atom stereocenters. The van der Waals surface area contributed by atoms with Crippen LogP contribution in [0.1, 0.15) is 19.8 Å². The van der Waals surface area contributed by atoms with Gasteiger partial charge in [-0.15, -0.1) is 11.6 Å². The number of ether oxygens (including phenoxy) is 1. The molecule has 1 aliphatic rings. The molecule has 0 radical (unpaired) electrons. The first-order valence-corrected chi connectivity index (χ1v) is 8.40. The lowest BCUT2D eigenvalue weighted by atomic mass is 10.2. The average molecular weight is 339 g/mol. The Balaban J connectivity index is 1.64. The Hall–Kier alpha value is -1.75. The maximum atomic E-state index is 12.2. The van der Waals surface area contributed by atoms with Crippen molar-refractivity contribution in [3.8, 4) is 5.75 Å². The summed E-state index contributed by atoms with van der Waals surface area (Å²) < 4.78 is 5.58. The van der Waals surface area contributed by atoms with Crippen molar-refractivity contribution in [2.24, 2.45) is 0 Å². The van der Waals surface area contributed by atoms with E-state index in [2.05, 4.69) is 0 Å². The molecule has 6 heteroatoms. The molecule has 1 aromatic carbocycles. The van der Waals surface area contributed by atoms with Crippen LogP contribution in [0.2, 0.25) is 0 Å². The molecule has 1 heterocycles. The summed E-state index contributed by atoms with van der Waals surface area (Å²) in [4.78, 5) is 27.5. The Labute approximate surface area is 142 Å². The van der Waals surface area contributed by atoms with Crippen LogP contribution in [-0.4, -0.2) is 59.8 Å². The zero-order valence-electron chi connectivity index (χ0n) is 13.4. The SMILES string of the molecule is CC(Cl)C(=O)N1CCN(C(=O)CCCOc2ccccc2)CC1. The molecule has 2 rings (SSSR count). The van der Waals surface area contributed by atoms with Gasteiger partial charge in [0, 0.05) is 32.6 Å². The van der Waals surface area contributed by atoms with Crippen LogP contribution >= 0.6 is 11.6 Å². The van der Waals surface area contributed by atoms with E-state index in [1.165, 1.54) is 0 Å². The first-order valence-electron chi connectivity index (χ1n) is 7.96. The van der Waals surface area contributed by atoms with Crippen molar-refractivity contribution in [3.63, 3.8) is 0 Å². The number of hydrogen-bond donors (Lipinski definition) is 0. The van der Waals surface area contributed by atoms with Gasteiger partial charge in [-0.25, -0.2) is 0 Å². The number of hydrogen-bond acceptors (Lipinski definition) is 3. The van der Waals surface area contributed by atoms with Gasteiger partial charge in [-0.2, -0.15) is 0 Å². The molecule has 1 unspecified atom stereocenters. The largest absolute Gasteiger partial charge is 0.494 e. The molecule has 1 aliphatic heterocycles. The van der Waals surface area contributed by atoms with Crippen molar-refractivity contribution in [3.05, 3.63) is 30.3 Å². The van der Waals surface area contributed by atoms with Gasteiger partial charge in [0.2, 0.25) is 11.8 Å². The molecular formula is C17H23ClN2O3. The second-order valence-electron chi connectivity index (χ2n) is 5.59. The van der Waals surface area contributed by atoms with E-state index in [1.807, 2.05) is 35.2 Å². The molecule has 0 N–H and O–H groups in total. The fourth-order valence-electron chi connectivity index (χ4n) is 2.52. The summed E-state index contributed by atoms with van der Waals surface area (Å²) in [6.45, 7) is 4.47. The molecule has 1 saturated heterocycles. The quantitative estimate of drug-likeness (QED) is 0.590. The van der Waals surface area contributed by atoms with E-state index in [0.717, 1.165) is 5.75 Å². The molecule has 0 spiro atoms. The van der Waals surface area contributed by atoms with Gasteiger partial charge in [0.25, 0.3) is 0 Å². The molecule has 0 aromatic heterocycles. The summed E-state index contributed by atoms with van der Waals surface area (Å²) in [5.74, 6) is 0.880. The first kappa shape index (κ1) is 17.6. The minimum absolute atomic E-state index is 0.0602. The number of para-hydroxylation sites is 1. The molecule has 126 valence electrons. The Morgan fingerprint density at radius 3 is 2.35 bits per heavy atom. The number of alkyl halides is 1. The molecule has 1 aromatic rings. The van der Waals surface area contributed by atoms with Crippen LogP contribution in [0.5, 0.6) is 5.75 Å². The predicted molar refractivity (Wildman–Crippen MR) is 89.6 cm³/mol. The van der Waals surface area contributed by atoms with Crippen LogP contribution in [0.3, 0.4) is 0 Å². The van der Waals surface area contributed by atoms with Crippen molar-refractivity contribution < 1.29 is 14.3 Å². The second kappa shape index (κ2) is 8.77. The Morgan fingerprint density at radius 2 is 1.74 bits per heavy atom. The highest BCUT2D eigenvalue weighted by Crippen LogP contribution is 2.11. The maximum absolute atomic E-state index is 12.2. The second-order valence-corrected chi connectivity index (χ2v) is 6.24. The fraction of sp³-hybridized carbons (Fsp3) is 0.529. The smallest absolute Gasteiger partial charge is 0.240 e. The van der Waals surface area contributed by atoms with Gasteiger partial charge >= 0.3 is 0 Å². The molecular weight excluding hydrogens is 316 g/mol. The zero-order valence-corrected chi connectivity index (χ0v) is 14.2. The number of piperazine rings is 1. The maximum Gasteiger partial charge on any atom is 0.240 e. The average Bonchev–Trinajstić information content (AvgIpc) is 2.59. The van der Waals surface area contributed by atoms with E-state index in [0.29, 0.717) is 45.6 Å². The predicted octanol–water partition coefficient (Wildman–Crippen LogP) is 2.14. The van der Waals surface area contributed by atoms with E-state index < -0.39 is 5.38 Å². The summed E-state index contributed by atoms with van der Waals surface area (Å²) in [5.41, 5.74) is 0. The highest BCUT2D eigenvalue weighted by Gasteiger charge is 2.25. The van der Waals surface area contributed by atoms with Crippen LogP contribution in [0, 0.1) is 0 Å². The van der Waals surface area contributed by atoms with Gasteiger partial charge in [0.15, 0.2) is 0 Å². The lowest BCUT2D eigenvalue weighted by Gasteiger charge is -2.35. The van der Waals surface area contributed by atoms with Gasteiger partial charge in [-0.05, 0) is 25.5 Å². The minimum Gasteiger partial charge on any atom is -0.494 e. The first-order chi connectivity index (χ1) is 11.1. The van der Waals surface area contributed by atoms with Crippen LogP contribution < -0.4 is 4.74 Å². The van der Waals surface area contributed by atoms with Crippen LogP contribution in [-0.2, 0) is 9.59 Å². The van der Waals surface area contributed by atoms with E-state index in [1.54, 1.807) is 11.8 Å². The highest BCUT2D eigenvalue weighted by atomic mass is 35.5. The number of nitrogens with zero attached hydrogens (tertiary/aromatic N) is 2. The van der Waals surface area contributed by atoms with Gasteiger partial charge < -0.3 is 14.5 Å². The summed E-state index contributed by atoms with van der Waals surface area (Å²) in [6, 6.07) is 9.57. The van der Waals surface area contributed by atoms with E-state index in [9.17, 15) is 9.59 Å². The van der Waals surface area contributed by atoms with Crippen molar-refractivity contribution in [1.29, 1.82) is 0 Å². The zero-order chi connectivity index (χ0) is 16.7. The minimum atomic E-state index is -0.507. The fourth-order valence-corrected chi connectivity index (χ4v) is 2.65. The Morgan fingerprint density at radius 1 is 1.13 bits per heavy atom. The summed E-state index contributed by atoms with van der Waals surface area (Å²) in [5, 5.41) is -0.507. The van der Waals surface area contributed by atoms with Crippen molar-refractivity contribution in [1.82, 2.24) is 9.80 Å². The molecule has 0 aliphatic carbocycles. The third kappa shape index (κ3) is 5.43. The summed E-state index contributed by atoms with van der Waals surface area (Å²) in [6.07, 6.45) is 1.15. The van der Waals surface area contributed by atoms with Crippen LogP contribution in [0.4, 0.5) is 0 Å². The molecule has 0 saturated carbocycles. The summed E-state index contributed by atoms with van der Waals surface area (Å²) in [7, 11) is 0. The Bertz CT molecular complexity index is 514. The van der Waals surface area contributed by atoms with Gasteiger partial charge in [-0.3, -0.25) is 9.59 Å². The lowest BCUT2D eigenvalue weighted by molar-refractivity contribution is -0.139. The summed E-state index contributed by atoms with van der Waals surface area (Å²) >= 11 is 5.81. The number of rotatable bonds is 6. The number of benzene rings is 1. The molecule has 23 heavy (non-hydrogen) atoms. The van der Waals surface area contributed by atoms with Crippen molar-refractivity contribution >= 4 is 23.4 Å². The van der Waals surface area contributed by atoms with E-state index >= 15 is 0 Å². The molecule has 5 nitrogen and oxygen atoms in total. The number of carbonyl (C=O) groups excluding carboxylic acids is 2. The number of halogens is 1. The van der Waals surface area contributed by atoms with Gasteiger partial charge in [0.05, 0.1) is 6.61 Å². The Kier molecular flexibility index (Phi) is 6.71. The van der Waals surface area contributed by atoms with E-state index in [4.69, 9.17) is 16.3 Å². The molecule has 2 amide bonds. The molecule has 0 bridgehead atoms. The van der Waals surface area contributed by atoms with Gasteiger partial charge in [-0.1, -0.05) is 18.2 Å². The van der Waals surface area contributed by atoms with Crippen molar-refractivity contribution in [2.45, 2.75) is 25.1 Å². The normalized spacial score (nSPS) is 16.1. The number of amides is 2. The third-order valence-electron chi connectivity index (χ3n) is 3.83. The van der Waals surface area contributed by atoms with Crippen molar-refractivity contribution in [2.75, 3.05) is 32.8 Å². The topological polar surface area (TPSA) is 49.9 Å². The number of carbonyl (C=O) groups is 2. The molecule has 1 fully saturated rings. The third-order valence-corrected chi connectivity index (χ3v) is 4.02. The van der Waals surface area contributed by atoms with E-state index in [-0.39, 0.29) is 11.8 Å². The van der Waals surface area contributed by atoms with Crippen LogP contribution in [0.15, 0.2) is 30.3 Å². The lowest BCUT2D eigenvalue weighted by Crippen LogP contribution is -2.52. The standard InChI is InChI=1S/C17H23ClN2O3/c1-14(18)17(22)20-11-9-19(10-12-20)16(21)8-5-13-23-15-6-3-2-4-7-15/h2-4,6-7,14H,5,8-13H2,1H3.